The van der Waals surface area contributed by atoms with E-state index in [1.54, 1.807) is 21.3 Å². The summed E-state index contributed by atoms with van der Waals surface area (Å²) >= 11 is 0. The minimum Gasteiger partial charge on any atom is -0.496 e. The standard InChI is InChI=1S/C84H114O9/c1-16-19-22-25-28-31-37-91-78-60-35-34-36-61(78)45-69-53-72(84(10,11)12)54-74(80(69)90-15)75(57-87)73-43-59(56-86)42-64(81(73)93-39-33-30-27-24-21-18-3)48-68-52-71(83(7,8)9)51-67(77(68)89-14)47-63-41-58(55-85)40-62(79(63)92-38-32-29-26-23-20-17-2)46-66-50-70(82(4,5)6)49-65(44-60)76(66)88-13/h34-36,40-43,49-57,75H,16-33,37-39,44-48H2,1-15H3. The van der Waals surface area contributed by atoms with E-state index in [2.05, 4.69) is 138 Å². The Labute approximate surface area is 560 Å². The van der Waals surface area contributed by atoms with Crippen LogP contribution in [0.25, 0.3) is 0 Å². The van der Waals surface area contributed by atoms with Crippen molar-refractivity contribution in [2.24, 2.45) is 0 Å². The summed E-state index contributed by atoms with van der Waals surface area (Å²) in [6.07, 6.45) is 24.9. The van der Waals surface area contributed by atoms with E-state index < -0.39 is 5.92 Å². The first-order valence-electron chi connectivity index (χ1n) is 35.4. The number of methoxy groups -OCH3 is 3. The molecule has 12 bridgehead atoms. The summed E-state index contributed by atoms with van der Waals surface area (Å²) in [6, 6.07) is 27.7. The lowest BCUT2D eigenvalue weighted by Gasteiger charge is -2.28. The highest BCUT2D eigenvalue weighted by Gasteiger charge is 2.32. The molecule has 9 heteroatoms. The van der Waals surface area contributed by atoms with Crippen LogP contribution in [0.15, 0.2) is 78.9 Å². The molecule has 1 aliphatic carbocycles. The van der Waals surface area contributed by atoms with Gasteiger partial charge in [0.25, 0.3) is 0 Å². The number of carbonyl (C=O) groups excluding carboxylic acids is 3. The average Bonchev–Trinajstić information content (AvgIpc) is 0.801. The van der Waals surface area contributed by atoms with Crippen molar-refractivity contribution < 1.29 is 42.8 Å². The predicted octanol–water partition coefficient (Wildman–Crippen LogP) is 21.0. The minimum atomic E-state index is -0.899. The molecular weight excluding hydrogens is 1150 g/mol. The van der Waals surface area contributed by atoms with Gasteiger partial charge < -0.3 is 33.2 Å². The number of aldehydes is 3. The molecular formula is C84H114O9. The van der Waals surface area contributed by atoms with E-state index in [0.29, 0.717) is 91.4 Å². The number of para-hydroxylation sites is 1. The van der Waals surface area contributed by atoms with Crippen molar-refractivity contribution in [3.05, 3.63) is 173 Å². The number of hydrogen-bond acceptors (Lipinski definition) is 9. The lowest BCUT2D eigenvalue weighted by atomic mass is 9.79. The van der Waals surface area contributed by atoms with E-state index in [4.69, 9.17) is 28.4 Å². The Balaban J connectivity index is 1.59. The average molecular weight is 1270 g/mol. The summed E-state index contributed by atoms with van der Waals surface area (Å²) in [4.78, 5) is 41.5. The number of rotatable bonds is 30. The number of ether oxygens (including phenoxy) is 6. The van der Waals surface area contributed by atoms with Crippen LogP contribution in [0.5, 0.6) is 34.5 Å². The smallest absolute Gasteiger partial charge is 0.150 e. The maximum absolute atomic E-state index is 14.6. The normalized spacial score (nSPS) is 13.6. The highest BCUT2D eigenvalue weighted by atomic mass is 16.5. The molecule has 0 amide bonds. The second-order valence-corrected chi connectivity index (χ2v) is 29.4. The molecule has 0 aromatic heterocycles. The van der Waals surface area contributed by atoms with Crippen molar-refractivity contribution in [2.75, 3.05) is 41.2 Å². The molecule has 0 fully saturated rings. The van der Waals surface area contributed by atoms with Gasteiger partial charge in [0.05, 0.1) is 47.1 Å². The van der Waals surface area contributed by atoms with Crippen molar-refractivity contribution in [2.45, 2.75) is 253 Å². The highest BCUT2D eigenvalue weighted by Crippen LogP contribution is 2.46. The first-order chi connectivity index (χ1) is 44.6. The van der Waals surface area contributed by atoms with E-state index in [0.717, 1.165) is 173 Å². The molecule has 1 unspecified atom stereocenters. The van der Waals surface area contributed by atoms with Gasteiger partial charge >= 0.3 is 0 Å². The number of hydrogen-bond donors (Lipinski definition) is 0. The zero-order valence-electron chi connectivity index (χ0n) is 59.9. The van der Waals surface area contributed by atoms with E-state index in [-0.39, 0.29) is 16.2 Å². The molecule has 0 N–H and O–H groups in total. The first-order valence-corrected chi connectivity index (χ1v) is 35.4. The molecule has 9 nitrogen and oxygen atoms in total. The van der Waals surface area contributed by atoms with Crippen LogP contribution >= 0.6 is 0 Å². The van der Waals surface area contributed by atoms with E-state index >= 15 is 0 Å². The summed E-state index contributed by atoms with van der Waals surface area (Å²) < 4.78 is 41.4. The Morgan fingerprint density at radius 1 is 0.344 bits per heavy atom. The summed E-state index contributed by atoms with van der Waals surface area (Å²) in [5, 5.41) is 0. The van der Waals surface area contributed by atoms with Gasteiger partial charge in [0.15, 0.2) is 0 Å². The fraction of sp³-hybridized carbons (Fsp3) is 0.536. The van der Waals surface area contributed by atoms with E-state index in [1.165, 1.54) is 50.5 Å². The molecule has 0 aliphatic heterocycles. The third kappa shape index (κ3) is 19.9. The monoisotopic (exact) mass is 1270 g/mol. The van der Waals surface area contributed by atoms with Crippen LogP contribution in [0, 0.1) is 0 Å². The molecule has 0 spiro atoms. The minimum absolute atomic E-state index is 0.238. The Bertz CT molecular complexity index is 3420. The molecule has 1 aliphatic rings. The number of fused-ring (bicyclic) bond motifs is 12. The van der Waals surface area contributed by atoms with Crippen LogP contribution in [-0.2, 0) is 53.1 Å². The molecule has 93 heavy (non-hydrogen) atoms. The summed E-state index contributed by atoms with van der Waals surface area (Å²) in [6.45, 7) is 28.3. The van der Waals surface area contributed by atoms with Crippen molar-refractivity contribution >= 4 is 18.9 Å². The van der Waals surface area contributed by atoms with E-state index in [1.807, 2.05) is 24.3 Å². The quantitative estimate of drug-likeness (QED) is 0.0322. The van der Waals surface area contributed by atoms with Crippen molar-refractivity contribution in [1.82, 2.24) is 0 Å². The Morgan fingerprint density at radius 3 is 0.989 bits per heavy atom. The van der Waals surface area contributed by atoms with Crippen LogP contribution in [0.4, 0.5) is 0 Å². The summed E-state index contributed by atoms with van der Waals surface area (Å²) in [5.41, 5.74) is 14.1. The Morgan fingerprint density at radius 2 is 0.634 bits per heavy atom. The molecule has 0 saturated heterocycles. The molecule has 0 saturated carbocycles. The molecule has 504 valence electrons. The molecule has 1 atom stereocenters. The van der Waals surface area contributed by atoms with Gasteiger partial charge in [-0.2, -0.15) is 0 Å². The summed E-state index contributed by atoms with van der Waals surface area (Å²) in [7, 11) is 5.19. The zero-order chi connectivity index (χ0) is 67.3. The van der Waals surface area contributed by atoms with Gasteiger partial charge in [0.1, 0.15) is 53.4 Å². The molecule has 6 aromatic carbocycles. The third-order valence-corrected chi connectivity index (χ3v) is 18.8. The SMILES string of the molecule is CCCCCCCCOc1c2cc(C=O)cc1Cc1cc(C(C)(C)C)cc(c1OC)Cc1cc(C=O)cc(c1OCCCCCCCC)C(C=O)c1cc(C(C)(C)C)cc(c1OC)Cc1cccc(c1OCCCCCCCC)Cc1cc(C(C)(C)C)cc(c1OC)C2. The van der Waals surface area contributed by atoms with E-state index in [9.17, 15) is 14.4 Å². The summed E-state index contributed by atoms with van der Waals surface area (Å²) in [5.74, 6) is 3.35. The number of carbonyl (C=O) groups is 3. The fourth-order valence-electron chi connectivity index (χ4n) is 13.4. The maximum atomic E-state index is 14.6. The van der Waals surface area contributed by atoms with Crippen LogP contribution in [0.3, 0.4) is 0 Å². The molecule has 0 radical (unpaired) electrons. The Kier molecular flexibility index (Phi) is 27.7. The second kappa shape index (κ2) is 35.0. The van der Waals surface area contributed by atoms with Crippen LogP contribution in [0.2, 0.25) is 0 Å². The van der Waals surface area contributed by atoms with Crippen LogP contribution < -0.4 is 28.4 Å². The van der Waals surface area contributed by atoms with Crippen molar-refractivity contribution in [3.63, 3.8) is 0 Å². The van der Waals surface area contributed by atoms with Gasteiger partial charge in [-0.15, -0.1) is 0 Å². The molecule has 6 aromatic rings. The highest BCUT2D eigenvalue weighted by molar-refractivity contribution is 5.81. The number of unbranched alkanes of at least 4 members (excludes halogenated alkanes) is 15. The lowest BCUT2D eigenvalue weighted by molar-refractivity contribution is -0.108. The molecule has 0 heterocycles. The van der Waals surface area contributed by atoms with Crippen LogP contribution in [0.1, 0.15) is 309 Å². The van der Waals surface area contributed by atoms with Crippen molar-refractivity contribution in [3.8, 4) is 34.5 Å². The van der Waals surface area contributed by atoms with Gasteiger partial charge in [-0.3, -0.25) is 9.59 Å². The van der Waals surface area contributed by atoms with Gasteiger partial charge in [-0.25, -0.2) is 0 Å². The topological polar surface area (TPSA) is 107 Å². The van der Waals surface area contributed by atoms with Gasteiger partial charge in [-0.1, -0.05) is 234 Å². The van der Waals surface area contributed by atoms with Gasteiger partial charge in [0.2, 0.25) is 0 Å². The first kappa shape index (κ1) is 73.5. The number of benzene rings is 6. The van der Waals surface area contributed by atoms with Gasteiger partial charge in [-0.05, 0) is 132 Å². The van der Waals surface area contributed by atoms with Crippen molar-refractivity contribution in [1.29, 1.82) is 0 Å². The van der Waals surface area contributed by atoms with Crippen LogP contribution in [-0.4, -0.2) is 60.0 Å². The predicted molar refractivity (Wildman–Crippen MR) is 384 cm³/mol. The maximum Gasteiger partial charge on any atom is 0.150 e. The fourth-order valence-corrected chi connectivity index (χ4v) is 13.4. The largest absolute Gasteiger partial charge is 0.496 e. The Hall–Kier alpha value is -6.87. The zero-order valence-corrected chi connectivity index (χ0v) is 59.9. The lowest BCUT2D eigenvalue weighted by Crippen LogP contribution is -2.17. The second-order valence-electron chi connectivity index (χ2n) is 29.4. The third-order valence-electron chi connectivity index (χ3n) is 18.8. The molecule has 7 rings (SSSR count). The van der Waals surface area contributed by atoms with Gasteiger partial charge in [0, 0.05) is 54.4 Å².